The molecule has 26 heavy (non-hydrogen) atoms. The summed E-state index contributed by atoms with van der Waals surface area (Å²) >= 11 is 3.17. The number of ether oxygens (including phenoxy) is 2. The maximum absolute atomic E-state index is 13.5. The molecular weight excluding hydrogens is 422 g/mol. The zero-order valence-corrected chi connectivity index (χ0v) is 14.9. The summed E-state index contributed by atoms with van der Waals surface area (Å²) < 4.78 is 60.8. The lowest BCUT2D eigenvalue weighted by molar-refractivity contribution is -0.0535. The summed E-state index contributed by atoms with van der Waals surface area (Å²) in [5.41, 5.74) is 0.291. The summed E-state index contributed by atoms with van der Waals surface area (Å²) in [6.07, 6.45) is -4.71. The minimum absolute atomic E-state index is 0.0210. The third-order valence-corrected chi connectivity index (χ3v) is 3.72. The van der Waals surface area contributed by atoms with Gasteiger partial charge in [0.2, 0.25) is 0 Å². The highest BCUT2D eigenvalue weighted by Crippen LogP contribution is 2.35. The first-order valence-corrected chi connectivity index (χ1v) is 8.23. The van der Waals surface area contributed by atoms with Crippen molar-refractivity contribution in [2.75, 3.05) is 7.11 Å². The molecule has 0 aromatic heterocycles. The summed E-state index contributed by atoms with van der Waals surface area (Å²) in [5.74, 6) is -1.41. The monoisotopic (exact) mass is 433 g/mol. The van der Waals surface area contributed by atoms with Crippen molar-refractivity contribution in [1.29, 1.82) is 0 Å². The highest BCUT2D eigenvalue weighted by molar-refractivity contribution is 9.08. The molecule has 0 fully saturated rings. The lowest BCUT2D eigenvalue weighted by Gasteiger charge is -2.14. The van der Waals surface area contributed by atoms with Crippen LogP contribution in [0.4, 0.5) is 23.2 Å². The molecule has 0 spiro atoms. The van der Waals surface area contributed by atoms with Crippen LogP contribution in [0.5, 0.6) is 11.5 Å². The van der Waals surface area contributed by atoms with Gasteiger partial charge >= 0.3 is 12.1 Å². The minimum Gasteiger partial charge on any atom is -0.465 e. The Balaban J connectivity index is 2.46. The van der Waals surface area contributed by atoms with E-state index in [0.29, 0.717) is 5.56 Å². The average Bonchev–Trinajstić information content (AvgIpc) is 2.59. The van der Waals surface area contributed by atoms with Crippen molar-refractivity contribution in [3.05, 3.63) is 53.3 Å². The van der Waals surface area contributed by atoms with E-state index in [-0.39, 0.29) is 34.3 Å². The van der Waals surface area contributed by atoms with Gasteiger partial charge in [0, 0.05) is 17.0 Å². The molecule has 138 valence electrons. The van der Waals surface area contributed by atoms with Gasteiger partial charge in [-0.1, -0.05) is 22.0 Å². The number of nitrogens with zero attached hydrogens (tertiary/aromatic N) is 1. The molecule has 0 amide bonds. The minimum atomic E-state index is -4.57. The summed E-state index contributed by atoms with van der Waals surface area (Å²) in [7, 11) is 1.16. The van der Waals surface area contributed by atoms with E-state index in [1.807, 2.05) is 0 Å². The van der Waals surface area contributed by atoms with Gasteiger partial charge in [-0.05, 0) is 24.3 Å². The maximum Gasteiger partial charge on any atom is 0.426 e. The molecule has 0 unspecified atom stereocenters. The second kappa shape index (κ2) is 8.31. The first-order chi connectivity index (χ1) is 12.2. The Hall–Kier alpha value is -2.42. The Labute approximate surface area is 154 Å². The van der Waals surface area contributed by atoms with Crippen molar-refractivity contribution in [2.45, 2.75) is 11.5 Å². The molecule has 2 rings (SSSR count). The number of hydrogen-bond acceptors (Lipinski definition) is 4. The largest absolute Gasteiger partial charge is 0.465 e. The quantitative estimate of drug-likeness (QED) is 0.268. The lowest BCUT2D eigenvalue weighted by atomic mass is 10.1. The first-order valence-electron chi connectivity index (χ1n) is 7.10. The molecule has 0 bridgehead atoms. The van der Waals surface area contributed by atoms with E-state index in [1.54, 1.807) is 0 Å². The van der Waals surface area contributed by atoms with E-state index in [0.717, 1.165) is 19.2 Å². The molecule has 0 aliphatic rings. The Morgan fingerprint density at radius 3 is 2.58 bits per heavy atom. The molecule has 0 atom stereocenters. The highest BCUT2D eigenvalue weighted by atomic mass is 79.9. The van der Waals surface area contributed by atoms with Crippen LogP contribution in [0.25, 0.3) is 0 Å². The number of carbonyl (C=O) groups excluding carboxylic acids is 1. The SMILES string of the molecule is COC(=O)c1ccc(F)cc1Oc1cccc(N=CC(F)(F)F)c1CBr. The van der Waals surface area contributed by atoms with Crippen molar-refractivity contribution < 1.29 is 31.8 Å². The van der Waals surface area contributed by atoms with Crippen LogP contribution in [0.1, 0.15) is 15.9 Å². The molecular formula is C17H12BrF4NO3. The lowest BCUT2D eigenvalue weighted by Crippen LogP contribution is -2.08. The van der Waals surface area contributed by atoms with Crippen LogP contribution in [0.15, 0.2) is 41.4 Å². The van der Waals surface area contributed by atoms with Gasteiger partial charge in [-0.3, -0.25) is 4.99 Å². The van der Waals surface area contributed by atoms with Gasteiger partial charge in [-0.25, -0.2) is 9.18 Å². The summed E-state index contributed by atoms with van der Waals surface area (Å²) in [6.45, 7) is 0. The van der Waals surface area contributed by atoms with Crippen LogP contribution in [0, 0.1) is 5.82 Å². The Bertz CT molecular complexity index is 837. The molecule has 9 heteroatoms. The third-order valence-electron chi connectivity index (χ3n) is 3.16. The number of rotatable bonds is 5. The van der Waals surface area contributed by atoms with Crippen molar-refractivity contribution in [1.82, 2.24) is 0 Å². The molecule has 0 heterocycles. The number of methoxy groups -OCH3 is 1. The first kappa shape index (κ1) is 19.9. The standard InChI is InChI=1S/C17H12BrF4NO3/c1-25-16(24)11-6-5-10(19)7-15(11)26-14-4-2-3-13(12(14)8-18)23-9-17(20,21)22/h2-7,9H,8H2,1H3. The maximum atomic E-state index is 13.5. The van der Waals surface area contributed by atoms with Crippen LogP contribution >= 0.6 is 15.9 Å². The van der Waals surface area contributed by atoms with Crippen molar-refractivity contribution in [2.24, 2.45) is 4.99 Å². The Morgan fingerprint density at radius 2 is 1.96 bits per heavy atom. The van der Waals surface area contributed by atoms with Crippen LogP contribution < -0.4 is 4.74 Å². The van der Waals surface area contributed by atoms with Crippen molar-refractivity contribution >= 4 is 33.8 Å². The van der Waals surface area contributed by atoms with Crippen LogP contribution in [0.2, 0.25) is 0 Å². The molecule has 0 saturated heterocycles. The fraction of sp³-hybridized carbons (Fsp3) is 0.176. The summed E-state index contributed by atoms with van der Waals surface area (Å²) in [6, 6.07) is 7.51. The van der Waals surface area contributed by atoms with Crippen molar-refractivity contribution in [3.8, 4) is 11.5 Å². The fourth-order valence-electron chi connectivity index (χ4n) is 2.03. The highest BCUT2D eigenvalue weighted by Gasteiger charge is 2.24. The van der Waals surface area contributed by atoms with Gasteiger partial charge in [0.15, 0.2) is 0 Å². The number of alkyl halides is 4. The van der Waals surface area contributed by atoms with E-state index in [2.05, 4.69) is 25.7 Å². The normalized spacial score (nSPS) is 11.6. The topological polar surface area (TPSA) is 47.9 Å². The van der Waals surface area contributed by atoms with E-state index >= 15 is 0 Å². The van der Waals surface area contributed by atoms with Gasteiger partial charge < -0.3 is 9.47 Å². The molecule has 2 aromatic rings. The third kappa shape index (κ3) is 5.04. The number of aliphatic imine (C=N–C) groups is 1. The van der Waals surface area contributed by atoms with Crippen LogP contribution in [-0.2, 0) is 10.1 Å². The van der Waals surface area contributed by atoms with Gasteiger partial charge in [0.05, 0.1) is 12.8 Å². The molecule has 2 aromatic carbocycles. The second-order valence-corrected chi connectivity index (χ2v) is 5.48. The predicted molar refractivity (Wildman–Crippen MR) is 91.1 cm³/mol. The van der Waals surface area contributed by atoms with Gasteiger partial charge in [-0.15, -0.1) is 0 Å². The molecule has 0 saturated carbocycles. The summed E-state index contributed by atoms with van der Waals surface area (Å²) in [4.78, 5) is 15.2. The van der Waals surface area contributed by atoms with E-state index in [4.69, 9.17) is 4.74 Å². The number of benzene rings is 2. The summed E-state index contributed by atoms with van der Waals surface area (Å²) in [5, 5.41) is 0.122. The fourth-order valence-corrected chi connectivity index (χ4v) is 2.59. The zero-order chi connectivity index (χ0) is 19.3. The molecule has 0 N–H and O–H groups in total. The Morgan fingerprint density at radius 1 is 1.23 bits per heavy atom. The van der Waals surface area contributed by atoms with Gasteiger partial charge in [-0.2, -0.15) is 13.2 Å². The zero-order valence-electron chi connectivity index (χ0n) is 13.3. The van der Waals surface area contributed by atoms with E-state index in [1.165, 1.54) is 24.3 Å². The van der Waals surface area contributed by atoms with Crippen molar-refractivity contribution in [3.63, 3.8) is 0 Å². The van der Waals surface area contributed by atoms with E-state index < -0.39 is 18.0 Å². The van der Waals surface area contributed by atoms with E-state index in [9.17, 15) is 22.4 Å². The molecule has 0 radical (unpaired) electrons. The smallest absolute Gasteiger partial charge is 0.426 e. The second-order valence-electron chi connectivity index (χ2n) is 4.92. The molecule has 0 aliphatic heterocycles. The van der Waals surface area contributed by atoms with Crippen LogP contribution in [-0.4, -0.2) is 25.5 Å². The number of halogens is 5. The van der Waals surface area contributed by atoms with Crippen LogP contribution in [0.3, 0.4) is 0 Å². The number of carbonyl (C=O) groups is 1. The molecule has 4 nitrogen and oxygen atoms in total. The average molecular weight is 434 g/mol. The Kier molecular flexibility index (Phi) is 6.36. The van der Waals surface area contributed by atoms with Gasteiger partial charge in [0.25, 0.3) is 0 Å². The number of esters is 1. The number of hydrogen-bond donors (Lipinski definition) is 0. The molecule has 0 aliphatic carbocycles. The predicted octanol–water partition coefficient (Wildman–Crippen LogP) is 5.56. The van der Waals surface area contributed by atoms with Gasteiger partial charge in [0.1, 0.15) is 29.1 Å².